The zero-order valence-corrected chi connectivity index (χ0v) is 14.6. The average molecular weight is 349 g/mol. The van der Waals surface area contributed by atoms with Crippen LogP contribution >= 0.6 is 0 Å². The highest BCUT2D eigenvalue weighted by atomic mass is 15.2. The van der Waals surface area contributed by atoms with Crippen molar-refractivity contribution >= 4 is 22.8 Å². The van der Waals surface area contributed by atoms with E-state index in [1.54, 1.807) is 15.6 Å². The van der Waals surface area contributed by atoms with Gasteiger partial charge in [-0.2, -0.15) is 10.2 Å². The van der Waals surface area contributed by atoms with E-state index in [2.05, 4.69) is 35.8 Å². The molecule has 4 heterocycles. The summed E-state index contributed by atoms with van der Waals surface area (Å²) in [6.45, 7) is 1.21. The third-order valence-corrected chi connectivity index (χ3v) is 3.88. The number of pyridine rings is 1. The summed E-state index contributed by atoms with van der Waals surface area (Å²) in [5.74, 6) is 1.34. The zero-order chi connectivity index (χ0) is 17.9. The smallest absolute Gasteiger partial charge is 0.180 e. The first-order valence-corrected chi connectivity index (χ1v) is 8.23. The van der Waals surface area contributed by atoms with E-state index in [1.807, 2.05) is 51.0 Å². The molecule has 0 atom stereocenters. The molecule has 4 aromatic heterocycles. The van der Waals surface area contributed by atoms with Crippen LogP contribution in [0.3, 0.4) is 0 Å². The molecule has 4 rings (SSSR count). The van der Waals surface area contributed by atoms with Crippen LogP contribution in [0, 0.1) is 0 Å². The maximum Gasteiger partial charge on any atom is 0.180 e. The van der Waals surface area contributed by atoms with Crippen molar-refractivity contribution in [2.24, 2.45) is 14.1 Å². The maximum atomic E-state index is 4.67. The Morgan fingerprint density at radius 2 is 1.50 bits per heavy atom. The van der Waals surface area contributed by atoms with Gasteiger partial charge in [0.1, 0.15) is 5.52 Å². The summed E-state index contributed by atoms with van der Waals surface area (Å²) < 4.78 is 3.54. The van der Waals surface area contributed by atoms with Gasteiger partial charge in [-0.15, -0.1) is 0 Å². The molecular formula is C17H19N9. The van der Waals surface area contributed by atoms with Crippen molar-refractivity contribution in [3.8, 4) is 0 Å². The molecule has 9 nitrogen and oxygen atoms in total. The van der Waals surface area contributed by atoms with Crippen molar-refractivity contribution in [2.45, 2.75) is 13.1 Å². The summed E-state index contributed by atoms with van der Waals surface area (Å²) in [4.78, 5) is 13.6. The molecule has 0 saturated carbocycles. The molecule has 132 valence electrons. The first-order valence-electron chi connectivity index (χ1n) is 8.23. The van der Waals surface area contributed by atoms with Crippen molar-refractivity contribution in [1.29, 1.82) is 0 Å². The van der Waals surface area contributed by atoms with Crippen molar-refractivity contribution in [2.75, 3.05) is 10.6 Å². The molecule has 0 saturated heterocycles. The van der Waals surface area contributed by atoms with Crippen LogP contribution in [0.15, 0.2) is 43.1 Å². The number of aromatic nitrogens is 7. The number of nitrogens with zero attached hydrogens (tertiary/aromatic N) is 7. The van der Waals surface area contributed by atoms with E-state index in [1.165, 1.54) is 0 Å². The quantitative estimate of drug-likeness (QED) is 0.547. The number of nitrogens with one attached hydrogen (secondary N) is 2. The fourth-order valence-electron chi connectivity index (χ4n) is 2.64. The highest BCUT2D eigenvalue weighted by molar-refractivity contribution is 5.76. The Morgan fingerprint density at radius 3 is 2.08 bits per heavy atom. The van der Waals surface area contributed by atoms with Gasteiger partial charge in [0.25, 0.3) is 0 Å². The molecule has 0 aliphatic heterocycles. The molecule has 0 aliphatic rings. The summed E-state index contributed by atoms with van der Waals surface area (Å²) in [5, 5.41) is 15.0. The lowest BCUT2D eigenvalue weighted by Gasteiger charge is -2.12. The highest BCUT2D eigenvalue weighted by Crippen LogP contribution is 2.21. The Labute approximate surface area is 150 Å². The maximum absolute atomic E-state index is 4.67. The summed E-state index contributed by atoms with van der Waals surface area (Å²) in [7, 11) is 3.79. The minimum absolute atomic E-state index is 0.600. The fraction of sp³-hybridized carbons (Fsp3) is 0.235. The van der Waals surface area contributed by atoms with Crippen LogP contribution in [-0.4, -0.2) is 34.5 Å². The van der Waals surface area contributed by atoms with Gasteiger partial charge >= 0.3 is 0 Å². The van der Waals surface area contributed by atoms with Gasteiger partial charge in [-0.3, -0.25) is 9.36 Å². The van der Waals surface area contributed by atoms with E-state index < -0.39 is 0 Å². The third-order valence-electron chi connectivity index (χ3n) is 3.88. The number of hydrogen-bond acceptors (Lipinski definition) is 7. The van der Waals surface area contributed by atoms with Crippen LogP contribution in [0.5, 0.6) is 0 Å². The van der Waals surface area contributed by atoms with Crippen molar-refractivity contribution in [1.82, 2.24) is 34.5 Å². The van der Waals surface area contributed by atoms with E-state index in [9.17, 15) is 0 Å². The van der Waals surface area contributed by atoms with Gasteiger partial charge in [-0.25, -0.2) is 15.0 Å². The third kappa shape index (κ3) is 3.46. The topological polar surface area (TPSA) is 98.4 Å². The Hall–Kier alpha value is -3.49. The van der Waals surface area contributed by atoms with Crippen LogP contribution in [0.1, 0.15) is 11.1 Å². The van der Waals surface area contributed by atoms with E-state index >= 15 is 0 Å². The predicted octanol–water partition coefficient (Wildman–Crippen LogP) is 1.72. The van der Waals surface area contributed by atoms with Gasteiger partial charge in [-0.05, 0) is 12.1 Å². The van der Waals surface area contributed by atoms with Crippen LogP contribution in [-0.2, 0) is 27.2 Å². The van der Waals surface area contributed by atoms with Gasteiger partial charge in [0.15, 0.2) is 17.3 Å². The van der Waals surface area contributed by atoms with Crippen molar-refractivity contribution < 1.29 is 0 Å². The lowest BCUT2D eigenvalue weighted by Crippen LogP contribution is -2.09. The molecule has 0 aromatic carbocycles. The molecule has 0 spiro atoms. The number of fused-ring (bicyclic) bond motifs is 1. The molecule has 0 unspecified atom stereocenters. The van der Waals surface area contributed by atoms with Gasteiger partial charge in [0.05, 0.1) is 12.4 Å². The van der Waals surface area contributed by atoms with Gasteiger partial charge in [-0.1, -0.05) is 0 Å². The Balaban J connectivity index is 1.59. The molecular weight excluding hydrogens is 330 g/mol. The molecule has 0 aliphatic carbocycles. The van der Waals surface area contributed by atoms with Crippen molar-refractivity contribution in [3.05, 3.63) is 54.2 Å². The summed E-state index contributed by atoms with van der Waals surface area (Å²) in [6.07, 6.45) is 9.28. The van der Waals surface area contributed by atoms with E-state index in [0.29, 0.717) is 30.4 Å². The Bertz CT molecular complexity index is 951. The minimum atomic E-state index is 0.600. The zero-order valence-electron chi connectivity index (χ0n) is 14.6. The van der Waals surface area contributed by atoms with Crippen LogP contribution in [0.25, 0.3) is 11.2 Å². The van der Waals surface area contributed by atoms with Gasteiger partial charge in [0, 0.05) is 56.9 Å². The van der Waals surface area contributed by atoms with Crippen LogP contribution in [0.4, 0.5) is 11.6 Å². The minimum Gasteiger partial charge on any atom is -0.363 e. The average Bonchev–Trinajstić information content (AvgIpc) is 3.25. The second-order valence-corrected chi connectivity index (χ2v) is 6.02. The van der Waals surface area contributed by atoms with Gasteiger partial charge < -0.3 is 10.6 Å². The van der Waals surface area contributed by atoms with E-state index in [0.717, 1.165) is 16.6 Å². The molecule has 0 amide bonds. The summed E-state index contributed by atoms with van der Waals surface area (Å²) in [5.41, 5.74) is 3.48. The highest BCUT2D eigenvalue weighted by Gasteiger charge is 2.10. The second kappa shape index (κ2) is 6.79. The fourth-order valence-corrected chi connectivity index (χ4v) is 2.64. The normalized spacial score (nSPS) is 11.0. The SMILES string of the molecule is Cn1cc(CNc2nc3cccnc3nc2NCc2cnn(C)c2)cn1. The molecule has 4 aromatic rings. The predicted molar refractivity (Wildman–Crippen MR) is 98.4 cm³/mol. The van der Waals surface area contributed by atoms with E-state index in [4.69, 9.17) is 0 Å². The molecule has 0 radical (unpaired) electrons. The van der Waals surface area contributed by atoms with E-state index in [-0.39, 0.29) is 0 Å². The van der Waals surface area contributed by atoms with Gasteiger partial charge in [0.2, 0.25) is 0 Å². The summed E-state index contributed by atoms with van der Waals surface area (Å²) in [6, 6.07) is 3.75. The molecule has 9 heteroatoms. The number of hydrogen-bond donors (Lipinski definition) is 2. The second-order valence-electron chi connectivity index (χ2n) is 6.02. The number of anilines is 2. The molecule has 0 bridgehead atoms. The first-order chi connectivity index (χ1) is 12.7. The Morgan fingerprint density at radius 1 is 0.885 bits per heavy atom. The standard InChI is InChI=1S/C17H19N9/c1-25-10-12(8-21-25)6-19-16-17(20-7-13-9-22-26(2)11-13)24-15-14(23-16)4-3-5-18-15/h3-5,8-11H,6-7H2,1-2H3,(H,19,23)(H,18,20,24). The molecule has 2 N–H and O–H groups in total. The first kappa shape index (κ1) is 16.0. The van der Waals surface area contributed by atoms with Crippen LogP contribution < -0.4 is 10.6 Å². The lowest BCUT2D eigenvalue weighted by molar-refractivity contribution is 0.767. The monoisotopic (exact) mass is 349 g/mol. The molecule has 26 heavy (non-hydrogen) atoms. The largest absolute Gasteiger partial charge is 0.363 e. The number of rotatable bonds is 6. The molecule has 0 fully saturated rings. The Kier molecular flexibility index (Phi) is 4.18. The van der Waals surface area contributed by atoms with Crippen molar-refractivity contribution in [3.63, 3.8) is 0 Å². The van der Waals surface area contributed by atoms with Crippen LogP contribution in [0.2, 0.25) is 0 Å². The lowest BCUT2D eigenvalue weighted by atomic mass is 10.3. The summed E-state index contributed by atoms with van der Waals surface area (Å²) >= 11 is 0. The number of aryl methyl sites for hydroxylation is 2.